The molecule has 3 heterocycles. The van der Waals surface area contributed by atoms with E-state index in [1.165, 1.54) is 4.90 Å². The number of amides is 3. The Labute approximate surface area is 175 Å². The first-order chi connectivity index (χ1) is 14.0. The van der Waals surface area contributed by atoms with Crippen molar-refractivity contribution in [2.45, 2.75) is 56.7 Å². The average Bonchev–Trinajstić information content (AvgIpc) is 3.43. The lowest BCUT2D eigenvalue weighted by atomic mass is 9.76. The maximum atomic E-state index is 13.7. The fraction of sp³-hybridized carbons (Fsp3) is 0.591. The van der Waals surface area contributed by atoms with Crippen molar-refractivity contribution < 1.29 is 14.4 Å². The molecule has 1 aliphatic carbocycles. The molecule has 0 bridgehead atoms. The Hall–Kier alpha value is -1.86. The van der Waals surface area contributed by atoms with E-state index >= 15 is 0 Å². The summed E-state index contributed by atoms with van der Waals surface area (Å²) in [7, 11) is 0. The second-order valence-electron chi connectivity index (χ2n) is 8.83. The van der Waals surface area contributed by atoms with Crippen molar-refractivity contribution in [2.24, 2.45) is 11.8 Å². The maximum absolute atomic E-state index is 13.7. The molecule has 7 heteroatoms. The smallest absolute Gasteiger partial charge is 0.250 e. The number of imide groups is 1. The molecule has 5 rings (SSSR count). The number of thioether (sulfide) groups is 1. The number of benzene rings is 1. The number of nitrogens with one attached hydrogen (secondary N) is 2. The predicted octanol–water partition coefficient (Wildman–Crippen LogP) is 2.41. The molecule has 3 fully saturated rings. The predicted molar refractivity (Wildman–Crippen MR) is 112 cm³/mol. The molecule has 3 amide bonds. The van der Waals surface area contributed by atoms with E-state index in [9.17, 15) is 14.4 Å². The Morgan fingerprint density at radius 1 is 1.17 bits per heavy atom. The zero-order valence-electron chi connectivity index (χ0n) is 16.9. The summed E-state index contributed by atoms with van der Waals surface area (Å²) in [5.74, 6) is -0.677. The Morgan fingerprint density at radius 2 is 1.93 bits per heavy atom. The van der Waals surface area contributed by atoms with Gasteiger partial charge in [-0.15, -0.1) is 0 Å². The van der Waals surface area contributed by atoms with Crippen LogP contribution in [0.15, 0.2) is 18.2 Å². The van der Waals surface area contributed by atoms with Crippen LogP contribution in [0.5, 0.6) is 0 Å². The van der Waals surface area contributed by atoms with Crippen LogP contribution in [0.2, 0.25) is 0 Å². The number of likely N-dealkylation sites (tertiary alicyclic amines) is 1. The van der Waals surface area contributed by atoms with Crippen molar-refractivity contribution in [1.82, 2.24) is 10.2 Å². The Balaban J connectivity index is 1.63. The maximum Gasteiger partial charge on any atom is 0.250 e. The average molecular weight is 414 g/mol. The third kappa shape index (κ3) is 2.56. The summed E-state index contributed by atoms with van der Waals surface area (Å²) < 4.78 is 0. The standard InChI is InChI=1S/C22H27N3O3S/c1-12-7-8-15-14(11-12)22(21(28)23-15)18-17(16(24-22)9-10-29-2)19(26)25(20(18)27)13-5-3-4-6-13/h7-8,11,13,16-18,24H,3-6,9-10H2,1-2H3,(H,23,28)/t16?,17-,18+,22?/m1/s1. The fourth-order valence-electron chi connectivity index (χ4n) is 5.95. The molecule has 29 heavy (non-hydrogen) atoms. The minimum atomic E-state index is -1.14. The Kier molecular flexibility index (Phi) is 4.51. The van der Waals surface area contributed by atoms with Gasteiger partial charge >= 0.3 is 0 Å². The van der Waals surface area contributed by atoms with Gasteiger partial charge in [-0.2, -0.15) is 11.8 Å². The molecule has 1 aromatic rings. The summed E-state index contributed by atoms with van der Waals surface area (Å²) in [5.41, 5.74) is 1.46. The van der Waals surface area contributed by atoms with Gasteiger partial charge in [0.25, 0.3) is 0 Å². The summed E-state index contributed by atoms with van der Waals surface area (Å²) in [6.45, 7) is 1.99. The highest BCUT2D eigenvalue weighted by Gasteiger charge is 2.70. The summed E-state index contributed by atoms with van der Waals surface area (Å²) in [6.07, 6.45) is 6.67. The van der Waals surface area contributed by atoms with Crippen LogP contribution in [0.3, 0.4) is 0 Å². The monoisotopic (exact) mass is 413 g/mol. The molecule has 6 nitrogen and oxygen atoms in total. The van der Waals surface area contributed by atoms with E-state index in [1.54, 1.807) is 11.8 Å². The molecular formula is C22H27N3O3S. The third-order valence-electron chi connectivity index (χ3n) is 7.23. The van der Waals surface area contributed by atoms with Gasteiger partial charge in [-0.05, 0) is 44.3 Å². The van der Waals surface area contributed by atoms with Crippen LogP contribution in [-0.4, -0.2) is 46.7 Å². The van der Waals surface area contributed by atoms with E-state index in [0.717, 1.165) is 54.7 Å². The van der Waals surface area contributed by atoms with E-state index in [2.05, 4.69) is 10.6 Å². The zero-order valence-corrected chi connectivity index (χ0v) is 17.7. The lowest BCUT2D eigenvalue weighted by molar-refractivity contribution is -0.145. The van der Waals surface area contributed by atoms with Gasteiger partial charge in [-0.25, -0.2) is 0 Å². The van der Waals surface area contributed by atoms with Crippen LogP contribution >= 0.6 is 11.8 Å². The van der Waals surface area contributed by atoms with Crippen LogP contribution in [0, 0.1) is 18.8 Å². The Bertz CT molecular complexity index is 897. The molecule has 1 spiro atoms. The number of hydrogen-bond acceptors (Lipinski definition) is 5. The molecule has 2 saturated heterocycles. The SMILES string of the molecule is CSCCC1NC2(C(=O)Nc3ccc(C)cc32)[C@@H]2C(=O)N(C3CCCC3)C(=O)[C@H]12. The molecule has 0 aromatic heterocycles. The third-order valence-corrected chi connectivity index (χ3v) is 7.87. The van der Waals surface area contributed by atoms with Crippen LogP contribution < -0.4 is 10.6 Å². The fourth-order valence-corrected chi connectivity index (χ4v) is 6.44. The van der Waals surface area contributed by atoms with Crippen LogP contribution in [-0.2, 0) is 19.9 Å². The first-order valence-corrected chi connectivity index (χ1v) is 11.9. The van der Waals surface area contributed by atoms with Crippen molar-refractivity contribution in [3.8, 4) is 0 Å². The minimum absolute atomic E-state index is 0.000273. The highest BCUT2D eigenvalue weighted by molar-refractivity contribution is 7.98. The molecule has 4 atom stereocenters. The molecule has 2 unspecified atom stereocenters. The van der Waals surface area contributed by atoms with Gasteiger partial charge in [0.05, 0.1) is 11.8 Å². The van der Waals surface area contributed by atoms with Gasteiger partial charge in [0.15, 0.2) is 0 Å². The molecule has 0 radical (unpaired) electrons. The first kappa shape index (κ1) is 19.1. The van der Waals surface area contributed by atoms with Gasteiger partial charge in [0.2, 0.25) is 17.7 Å². The van der Waals surface area contributed by atoms with Gasteiger partial charge in [0, 0.05) is 23.3 Å². The number of rotatable bonds is 4. The quantitative estimate of drug-likeness (QED) is 0.741. The number of fused-ring (bicyclic) bond motifs is 4. The first-order valence-electron chi connectivity index (χ1n) is 10.5. The van der Waals surface area contributed by atoms with E-state index in [4.69, 9.17) is 0 Å². The number of carbonyl (C=O) groups is 3. The molecular weight excluding hydrogens is 386 g/mol. The lowest BCUT2D eigenvalue weighted by Crippen LogP contribution is -2.54. The molecule has 154 valence electrons. The minimum Gasteiger partial charge on any atom is -0.324 e. The zero-order chi connectivity index (χ0) is 20.3. The second-order valence-corrected chi connectivity index (χ2v) is 9.82. The highest BCUT2D eigenvalue weighted by atomic mass is 32.2. The van der Waals surface area contributed by atoms with Gasteiger partial charge in [-0.1, -0.05) is 30.5 Å². The topological polar surface area (TPSA) is 78.5 Å². The van der Waals surface area contributed by atoms with Crippen molar-refractivity contribution in [3.63, 3.8) is 0 Å². The molecule has 3 aliphatic heterocycles. The molecule has 1 saturated carbocycles. The number of nitrogens with zero attached hydrogens (tertiary/aromatic N) is 1. The normalized spacial score (nSPS) is 33.7. The van der Waals surface area contributed by atoms with Crippen molar-refractivity contribution in [3.05, 3.63) is 29.3 Å². The van der Waals surface area contributed by atoms with Crippen molar-refractivity contribution in [2.75, 3.05) is 17.3 Å². The van der Waals surface area contributed by atoms with Gasteiger partial charge in [-0.3, -0.25) is 24.6 Å². The number of anilines is 1. The number of aryl methyl sites for hydroxylation is 1. The summed E-state index contributed by atoms with van der Waals surface area (Å²) in [6, 6.07) is 5.68. The van der Waals surface area contributed by atoms with Crippen LogP contribution in [0.1, 0.15) is 43.2 Å². The van der Waals surface area contributed by atoms with Crippen molar-refractivity contribution in [1.29, 1.82) is 0 Å². The summed E-state index contributed by atoms with van der Waals surface area (Å²) in [5, 5.41) is 6.49. The van der Waals surface area contributed by atoms with E-state index < -0.39 is 17.4 Å². The van der Waals surface area contributed by atoms with Gasteiger partial charge < -0.3 is 5.32 Å². The highest BCUT2D eigenvalue weighted by Crippen LogP contribution is 2.54. The molecule has 4 aliphatic rings. The largest absolute Gasteiger partial charge is 0.324 e. The molecule has 1 aromatic carbocycles. The van der Waals surface area contributed by atoms with E-state index in [1.807, 2.05) is 31.4 Å². The Morgan fingerprint density at radius 3 is 2.66 bits per heavy atom. The van der Waals surface area contributed by atoms with Crippen molar-refractivity contribution >= 4 is 35.2 Å². The number of carbonyl (C=O) groups excluding carboxylic acids is 3. The lowest BCUT2D eigenvalue weighted by Gasteiger charge is -2.31. The number of hydrogen-bond donors (Lipinski definition) is 2. The summed E-state index contributed by atoms with van der Waals surface area (Å²) >= 11 is 1.72. The summed E-state index contributed by atoms with van der Waals surface area (Å²) in [4.78, 5) is 42.1. The van der Waals surface area contributed by atoms with E-state index in [-0.39, 0.29) is 29.8 Å². The van der Waals surface area contributed by atoms with Crippen LogP contribution in [0.4, 0.5) is 5.69 Å². The second kappa shape index (κ2) is 6.84. The van der Waals surface area contributed by atoms with Crippen LogP contribution in [0.25, 0.3) is 0 Å². The molecule has 2 N–H and O–H groups in total. The van der Waals surface area contributed by atoms with E-state index in [0.29, 0.717) is 0 Å². The van der Waals surface area contributed by atoms with Gasteiger partial charge in [0.1, 0.15) is 5.54 Å².